The van der Waals surface area contributed by atoms with Gasteiger partial charge < -0.3 is 5.73 Å². The predicted molar refractivity (Wildman–Crippen MR) is 54.5 cm³/mol. The van der Waals surface area contributed by atoms with Crippen LogP contribution in [0.25, 0.3) is 0 Å². The number of rotatable bonds is 3. The van der Waals surface area contributed by atoms with Gasteiger partial charge in [-0.3, -0.25) is 14.8 Å². The number of hydrogen-bond acceptors (Lipinski definition) is 6. The highest BCUT2D eigenvalue weighted by Crippen LogP contribution is 2.13. The SMILES string of the molecule is Nc1nc(Cn2cc([N+](=O)[O-])cn2)cs1. The number of nitrogens with two attached hydrogens (primary N) is 1. The lowest BCUT2D eigenvalue weighted by molar-refractivity contribution is -0.385. The number of aromatic nitrogens is 3. The molecule has 0 aliphatic rings. The molecule has 0 saturated heterocycles. The van der Waals surface area contributed by atoms with Gasteiger partial charge in [-0.2, -0.15) is 5.10 Å². The van der Waals surface area contributed by atoms with E-state index in [9.17, 15) is 10.1 Å². The highest BCUT2D eigenvalue weighted by molar-refractivity contribution is 7.13. The molecule has 2 aromatic heterocycles. The van der Waals surface area contributed by atoms with Gasteiger partial charge in [-0.1, -0.05) is 0 Å². The molecule has 78 valence electrons. The normalized spacial score (nSPS) is 10.4. The van der Waals surface area contributed by atoms with Crippen LogP contribution in [0.1, 0.15) is 5.69 Å². The van der Waals surface area contributed by atoms with Gasteiger partial charge in [0.05, 0.1) is 17.2 Å². The Morgan fingerprint density at radius 2 is 2.47 bits per heavy atom. The molecule has 0 radical (unpaired) electrons. The molecule has 0 aromatic carbocycles. The Bertz CT molecular complexity index is 491. The summed E-state index contributed by atoms with van der Waals surface area (Å²) in [4.78, 5) is 13.9. The van der Waals surface area contributed by atoms with Crippen LogP contribution in [-0.4, -0.2) is 19.7 Å². The zero-order valence-corrected chi connectivity index (χ0v) is 8.35. The van der Waals surface area contributed by atoms with E-state index >= 15 is 0 Å². The lowest BCUT2D eigenvalue weighted by Crippen LogP contribution is -2.00. The van der Waals surface area contributed by atoms with Gasteiger partial charge in [0.1, 0.15) is 12.4 Å². The largest absolute Gasteiger partial charge is 0.375 e. The molecular weight excluding hydrogens is 218 g/mol. The third-order valence-corrected chi connectivity index (χ3v) is 2.45. The predicted octanol–water partition coefficient (Wildman–Crippen LogP) is 0.878. The second-order valence-corrected chi connectivity index (χ2v) is 3.72. The van der Waals surface area contributed by atoms with Crippen LogP contribution in [0.15, 0.2) is 17.8 Å². The third-order valence-electron chi connectivity index (χ3n) is 1.72. The zero-order chi connectivity index (χ0) is 10.8. The van der Waals surface area contributed by atoms with Crippen LogP contribution < -0.4 is 5.73 Å². The van der Waals surface area contributed by atoms with Gasteiger partial charge >= 0.3 is 5.69 Å². The smallest absolute Gasteiger partial charge is 0.307 e. The molecule has 0 amide bonds. The van der Waals surface area contributed by atoms with Crippen molar-refractivity contribution in [3.63, 3.8) is 0 Å². The summed E-state index contributed by atoms with van der Waals surface area (Å²) in [7, 11) is 0. The molecule has 0 saturated carbocycles. The van der Waals surface area contributed by atoms with Gasteiger partial charge in [-0.25, -0.2) is 4.98 Å². The second kappa shape index (κ2) is 3.65. The van der Waals surface area contributed by atoms with E-state index in [-0.39, 0.29) is 5.69 Å². The van der Waals surface area contributed by atoms with E-state index in [1.807, 2.05) is 0 Å². The van der Waals surface area contributed by atoms with E-state index in [1.165, 1.54) is 28.4 Å². The van der Waals surface area contributed by atoms with Crippen molar-refractivity contribution >= 4 is 22.2 Å². The van der Waals surface area contributed by atoms with E-state index in [2.05, 4.69) is 10.1 Å². The summed E-state index contributed by atoms with van der Waals surface area (Å²) in [5, 5.41) is 16.5. The van der Waals surface area contributed by atoms with Gasteiger partial charge in [-0.05, 0) is 0 Å². The molecule has 2 N–H and O–H groups in total. The van der Waals surface area contributed by atoms with Gasteiger partial charge in [0.25, 0.3) is 0 Å². The standard InChI is InChI=1S/C7H7N5O2S/c8-7-10-5(4-15-7)2-11-3-6(1-9-11)12(13)14/h1,3-4H,2H2,(H2,8,10). The maximum atomic E-state index is 10.4. The first-order chi connectivity index (χ1) is 7.15. The van der Waals surface area contributed by atoms with Crippen LogP contribution in [0.5, 0.6) is 0 Å². The lowest BCUT2D eigenvalue weighted by Gasteiger charge is -1.94. The number of nitrogens with zero attached hydrogens (tertiary/aromatic N) is 4. The molecule has 0 atom stereocenters. The third kappa shape index (κ3) is 2.10. The fourth-order valence-corrected chi connectivity index (χ4v) is 1.65. The van der Waals surface area contributed by atoms with Crippen LogP contribution >= 0.6 is 11.3 Å². The molecule has 0 aliphatic carbocycles. The van der Waals surface area contributed by atoms with E-state index in [1.54, 1.807) is 5.38 Å². The zero-order valence-electron chi connectivity index (χ0n) is 7.53. The first-order valence-electron chi connectivity index (χ1n) is 4.02. The van der Waals surface area contributed by atoms with Crippen molar-refractivity contribution in [1.82, 2.24) is 14.8 Å². The molecule has 0 unspecified atom stereocenters. The summed E-state index contributed by atoms with van der Waals surface area (Å²) >= 11 is 1.33. The van der Waals surface area contributed by atoms with Crippen LogP contribution in [0.2, 0.25) is 0 Å². The molecule has 0 spiro atoms. The Kier molecular flexibility index (Phi) is 2.34. The monoisotopic (exact) mass is 225 g/mol. The molecule has 0 aliphatic heterocycles. The number of anilines is 1. The summed E-state index contributed by atoms with van der Waals surface area (Å²) in [5.41, 5.74) is 6.17. The molecule has 8 heteroatoms. The van der Waals surface area contributed by atoms with Crippen molar-refractivity contribution < 1.29 is 4.92 Å². The van der Waals surface area contributed by atoms with E-state index in [0.29, 0.717) is 11.7 Å². The van der Waals surface area contributed by atoms with Crippen molar-refractivity contribution in [2.75, 3.05) is 5.73 Å². The second-order valence-electron chi connectivity index (χ2n) is 2.83. The highest BCUT2D eigenvalue weighted by atomic mass is 32.1. The van der Waals surface area contributed by atoms with Gasteiger partial charge in [-0.15, -0.1) is 11.3 Å². The van der Waals surface area contributed by atoms with Crippen molar-refractivity contribution in [2.24, 2.45) is 0 Å². The molecule has 7 nitrogen and oxygen atoms in total. The fraction of sp³-hybridized carbons (Fsp3) is 0.143. The fourth-order valence-electron chi connectivity index (χ4n) is 1.09. The van der Waals surface area contributed by atoms with E-state index < -0.39 is 4.92 Å². The minimum Gasteiger partial charge on any atom is -0.375 e. The summed E-state index contributed by atoms with van der Waals surface area (Å²) in [6.07, 6.45) is 2.56. The molecule has 2 heterocycles. The topological polar surface area (TPSA) is 99.9 Å². The molecular formula is C7H7N5O2S. The first-order valence-corrected chi connectivity index (χ1v) is 4.90. The number of nitro groups is 1. The number of nitrogen functional groups attached to an aromatic ring is 1. The highest BCUT2D eigenvalue weighted by Gasteiger charge is 2.09. The van der Waals surface area contributed by atoms with Crippen molar-refractivity contribution in [3.8, 4) is 0 Å². The quantitative estimate of drug-likeness (QED) is 0.617. The van der Waals surface area contributed by atoms with Crippen LogP contribution in [0, 0.1) is 10.1 Å². The summed E-state index contributed by atoms with van der Waals surface area (Å²) in [6, 6.07) is 0. The molecule has 0 fully saturated rings. The summed E-state index contributed by atoms with van der Waals surface area (Å²) < 4.78 is 1.45. The Hall–Kier alpha value is -1.96. The van der Waals surface area contributed by atoms with Crippen LogP contribution in [0.4, 0.5) is 10.8 Å². The Labute approximate surface area is 88.3 Å². The van der Waals surface area contributed by atoms with Gasteiger partial charge in [0, 0.05) is 5.38 Å². The first kappa shape index (κ1) is 9.59. The van der Waals surface area contributed by atoms with E-state index in [0.717, 1.165) is 5.69 Å². The van der Waals surface area contributed by atoms with Crippen LogP contribution in [0.3, 0.4) is 0 Å². The average Bonchev–Trinajstić information content (AvgIpc) is 2.76. The average molecular weight is 225 g/mol. The maximum Gasteiger partial charge on any atom is 0.307 e. The summed E-state index contributed by atoms with van der Waals surface area (Å²) in [6.45, 7) is 0.390. The summed E-state index contributed by atoms with van der Waals surface area (Å²) in [5.74, 6) is 0. The number of hydrogen-bond donors (Lipinski definition) is 1. The van der Waals surface area contributed by atoms with E-state index in [4.69, 9.17) is 5.73 Å². The number of thiazole rings is 1. The molecule has 0 bridgehead atoms. The van der Waals surface area contributed by atoms with Crippen molar-refractivity contribution in [3.05, 3.63) is 33.6 Å². The molecule has 15 heavy (non-hydrogen) atoms. The Balaban J connectivity index is 2.14. The Morgan fingerprint density at radius 1 is 1.67 bits per heavy atom. The lowest BCUT2D eigenvalue weighted by atomic mass is 10.5. The van der Waals surface area contributed by atoms with Gasteiger partial charge in [0.2, 0.25) is 0 Å². The van der Waals surface area contributed by atoms with Crippen molar-refractivity contribution in [1.29, 1.82) is 0 Å². The molecule has 2 rings (SSSR count). The minimum atomic E-state index is -0.487. The minimum absolute atomic E-state index is 0.0294. The molecule has 2 aromatic rings. The van der Waals surface area contributed by atoms with Gasteiger partial charge in [0.15, 0.2) is 5.13 Å². The Morgan fingerprint density at radius 3 is 3.00 bits per heavy atom. The van der Waals surface area contributed by atoms with Crippen molar-refractivity contribution in [2.45, 2.75) is 6.54 Å². The van der Waals surface area contributed by atoms with Crippen LogP contribution in [-0.2, 0) is 6.54 Å². The maximum absolute atomic E-state index is 10.4.